The number of hydrazone groups is 1. The van der Waals surface area contributed by atoms with E-state index in [4.69, 9.17) is 37.4 Å². The van der Waals surface area contributed by atoms with Crippen LogP contribution in [0.1, 0.15) is 15.9 Å². The third kappa shape index (κ3) is 6.97. The van der Waals surface area contributed by atoms with Crippen LogP contribution in [-0.2, 0) is 9.59 Å². The number of nitrogens with one attached hydrogen (secondary N) is 2. The standard InChI is InChI=1S/C24H18BrCl2N3O6/c1-34-20-7-3-13(10-21(20)35-2)24(33)36-19-8-4-15(25)9-14(19)12-28-30-23(32)22(31)29-18-11-16(26)5-6-17(18)27/h3-12H,1-2H3,(H,29,31)(H,30,32)/b28-12-. The summed E-state index contributed by atoms with van der Waals surface area (Å²) in [4.78, 5) is 37.0. The first kappa shape index (κ1) is 27.0. The van der Waals surface area contributed by atoms with E-state index >= 15 is 0 Å². The molecule has 2 N–H and O–H groups in total. The van der Waals surface area contributed by atoms with E-state index in [2.05, 4.69) is 31.8 Å². The third-order valence-electron chi connectivity index (χ3n) is 4.55. The minimum Gasteiger partial charge on any atom is -0.493 e. The van der Waals surface area contributed by atoms with Gasteiger partial charge < -0.3 is 19.5 Å². The molecule has 186 valence electrons. The Morgan fingerprint density at radius 2 is 1.61 bits per heavy atom. The normalized spacial score (nSPS) is 10.6. The molecular weight excluding hydrogens is 577 g/mol. The number of ether oxygens (including phenoxy) is 3. The van der Waals surface area contributed by atoms with Gasteiger partial charge in [0.1, 0.15) is 5.75 Å². The highest BCUT2D eigenvalue weighted by Crippen LogP contribution is 2.29. The second kappa shape index (κ2) is 12.4. The second-order valence-corrected chi connectivity index (χ2v) is 8.68. The molecule has 0 aliphatic heterocycles. The van der Waals surface area contributed by atoms with Crippen LogP contribution in [0.2, 0.25) is 10.0 Å². The van der Waals surface area contributed by atoms with Crippen molar-refractivity contribution in [1.82, 2.24) is 5.43 Å². The first-order valence-corrected chi connectivity index (χ1v) is 11.6. The summed E-state index contributed by atoms with van der Waals surface area (Å²) in [5.74, 6) is -1.74. The molecule has 0 spiro atoms. The monoisotopic (exact) mass is 593 g/mol. The molecule has 0 aliphatic carbocycles. The van der Waals surface area contributed by atoms with Gasteiger partial charge in [0.05, 0.1) is 36.7 Å². The van der Waals surface area contributed by atoms with Gasteiger partial charge in [0, 0.05) is 15.1 Å². The lowest BCUT2D eigenvalue weighted by molar-refractivity contribution is -0.136. The lowest BCUT2D eigenvalue weighted by atomic mass is 10.2. The number of rotatable bonds is 7. The fourth-order valence-corrected chi connectivity index (χ4v) is 3.53. The van der Waals surface area contributed by atoms with E-state index in [-0.39, 0.29) is 22.0 Å². The van der Waals surface area contributed by atoms with Gasteiger partial charge in [-0.2, -0.15) is 5.10 Å². The third-order valence-corrected chi connectivity index (χ3v) is 5.60. The van der Waals surface area contributed by atoms with Crippen molar-refractivity contribution in [3.63, 3.8) is 0 Å². The van der Waals surface area contributed by atoms with Crippen LogP contribution < -0.4 is 25.0 Å². The minimum absolute atomic E-state index is 0.158. The van der Waals surface area contributed by atoms with Gasteiger partial charge in [0.2, 0.25) is 0 Å². The second-order valence-electron chi connectivity index (χ2n) is 6.92. The van der Waals surface area contributed by atoms with Gasteiger partial charge >= 0.3 is 17.8 Å². The van der Waals surface area contributed by atoms with E-state index in [1.165, 1.54) is 50.8 Å². The van der Waals surface area contributed by atoms with Crippen LogP contribution in [0.15, 0.2) is 64.2 Å². The summed E-state index contributed by atoms with van der Waals surface area (Å²) in [5, 5.41) is 6.67. The summed E-state index contributed by atoms with van der Waals surface area (Å²) >= 11 is 15.2. The Morgan fingerprint density at radius 1 is 0.889 bits per heavy atom. The van der Waals surface area contributed by atoms with Crippen molar-refractivity contribution in [3.05, 3.63) is 80.2 Å². The molecule has 3 rings (SSSR count). The summed E-state index contributed by atoms with van der Waals surface area (Å²) in [7, 11) is 2.94. The number of anilines is 1. The van der Waals surface area contributed by atoms with E-state index in [0.29, 0.717) is 26.6 Å². The Kier molecular flexibility index (Phi) is 9.29. The van der Waals surface area contributed by atoms with Crippen LogP contribution in [0.3, 0.4) is 0 Å². The van der Waals surface area contributed by atoms with Gasteiger partial charge in [0.25, 0.3) is 0 Å². The summed E-state index contributed by atoms with van der Waals surface area (Å²) in [6.45, 7) is 0. The molecule has 36 heavy (non-hydrogen) atoms. The molecule has 0 aromatic heterocycles. The van der Waals surface area contributed by atoms with Gasteiger partial charge in [-0.1, -0.05) is 39.1 Å². The average Bonchev–Trinajstić information content (AvgIpc) is 2.87. The molecule has 9 nitrogen and oxygen atoms in total. The van der Waals surface area contributed by atoms with Crippen molar-refractivity contribution in [2.75, 3.05) is 19.5 Å². The van der Waals surface area contributed by atoms with E-state index in [1.54, 1.807) is 24.3 Å². The molecule has 0 bridgehead atoms. The number of hydrogen-bond acceptors (Lipinski definition) is 7. The molecule has 0 aliphatic rings. The molecule has 0 saturated carbocycles. The Balaban J connectivity index is 1.70. The number of benzene rings is 3. The summed E-state index contributed by atoms with van der Waals surface area (Å²) in [6, 6.07) is 13.8. The quantitative estimate of drug-likeness (QED) is 0.130. The van der Waals surface area contributed by atoms with Gasteiger partial charge in [-0.05, 0) is 54.6 Å². The van der Waals surface area contributed by atoms with E-state index in [0.717, 1.165) is 0 Å². The molecule has 0 fully saturated rings. The first-order chi connectivity index (χ1) is 17.2. The molecular formula is C24H18BrCl2N3O6. The van der Waals surface area contributed by atoms with E-state index in [9.17, 15) is 14.4 Å². The fraction of sp³-hybridized carbons (Fsp3) is 0.0833. The van der Waals surface area contributed by atoms with Crippen LogP contribution in [0.25, 0.3) is 0 Å². The van der Waals surface area contributed by atoms with Crippen molar-refractivity contribution in [2.24, 2.45) is 5.10 Å². The topological polar surface area (TPSA) is 115 Å². The molecule has 0 radical (unpaired) electrons. The Bertz CT molecular complexity index is 1350. The number of carbonyl (C=O) groups excluding carboxylic acids is 3. The number of halogens is 3. The first-order valence-electron chi connectivity index (χ1n) is 10.0. The molecule has 12 heteroatoms. The van der Waals surface area contributed by atoms with Crippen molar-refractivity contribution in [2.45, 2.75) is 0 Å². The summed E-state index contributed by atoms with van der Waals surface area (Å²) in [6.07, 6.45) is 1.22. The average molecular weight is 595 g/mol. The zero-order chi connectivity index (χ0) is 26.2. The molecule has 3 aromatic rings. The zero-order valence-corrected chi connectivity index (χ0v) is 21.9. The summed E-state index contributed by atoms with van der Waals surface area (Å²) in [5.41, 5.74) is 2.84. The Morgan fingerprint density at radius 3 is 2.33 bits per heavy atom. The van der Waals surface area contributed by atoms with Crippen molar-refractivity contribution in [1.29, 1.82) is 0 Å². The number of esters is 1. The Labute approximate surface area is 224 Å². The van der Waals surface area contributed by atoms with E-state index in [1.807, 2.05) is 0 Å². The van der Waals surface area contributed by atoms with Crippen LogP contribution in [0.5, 0.6) is 17.2 Å². The molecule has 0 unspecified atom stereocenters. The lowest BCUT2D eigenvalue weighted by Gasteiger charge is -2.11. The molecule has 0 saturated heterocycles. The van der Waals surface area contributed by atoms with E-state index < -0.39 is 17.8 Å². The fourth-order valence-electron chi connectivity index (χ4n) is 2.82. The number of nitrogens with zero attached hydrogens (tertiary/aromatic N) is 1. The molecule has 0 heterocycles. The van der Waals surface area contributed by atoms with Crippen molar-refractivity contribution >= 4 is 68.8 Å². The molecule has 0 atom stereocenters. The number of methoxy groups -OCH3 is 2. The van der Waals surface area contributed by atoms with Gasteiger partial charge in [-0.15, -0.1) is 0 Å². The molecule has 3 aromatic carbocycles. The van der Waals surface area contributed by atoms with Crippen LogP contribution in [-0.4, -0.2) is 38.2 Å². The van der Waals surface area contributed by atoms with Gasteiger partial charge in [0.15, 0.2) is 11.5 Å². The maximum absolute atomic E-state index is 12.7. The lowest BCUT2D eigenvalue weighted by Crippen LogP contribution is -2.32. The zero-order valence-electron chi connectivity index (χ0n) is 18.8. The van der Waals surface area contributed by atoms with Crippen LogP contribution >= 0.6 is 39.1 Å². The summed E-state index contributed by atoms with van der Waals surface area (Å²) < 4.78 is 16.5. The highest BCUT2D eigenvalue weighted by atomic mass is 79.9. The van der Waals surface area contributed by atoms with Crippen LogP contribution in [0.4, 0.5) is 5.69 Å². The SMILES string of the molecule is COc1ccc(C(=O)Oc2ccc(Br)cc2/C=N\NC(=O)C(=O)Nc2cc(Cl)ccc2Cl)cc1OC. The van der Waals surface area contributed by atoms with Gasteiger partial charge in [-0.3, -0.25) is 9.59 Å². The smallest absolute Gasteiger partial charge is 0.343 e. The highest BCUT2D eigenvalue weighted by molar-refractivity contribution is 9.10. The predicted molar refractivity (Wildman–Crippen MR) is 139 cm³/mol. The Hall–Kier alpha value is -3.60. The number of amides is 2. The highest BCUT2D eigenvalue weighted by Gasteiger charge is 2.16. The number of carbonyl (C=O) groups is 3. The van der Waals surface area contributed by atoms with Crippen molar-refractivity contribution < 1.29 is 28.6 Å². The molecule has 2 amide bonds. The van der Waals surface area contributed by atoms with Gasteiger partial charge in [-0.25, -0.2) is 10.2 Å². The predicted octanol–water partition coefficient (Wildman–Crippen LogP) is 5.08. The van der Waals surface area contributed by atoms with Crippen LogP contribution in [0, 0.1) is 0 Å². The largest absolute Gasteiger partial charge is 0.493 e. The van der Waals surface area contributed by atoms with Crippen molar-refractivity contribution in [3.8, 4) is 17.2 Å². The number of hydrogen-bond donors (Lipinski definition) is 2. The maximum atomic E-state index is 12.7. The minimum atomic E-state index is -1.05. The maximum Gasteiger partial charge on any atom is 0.343 e.